The van der Waals surface area contributed by atoms with Gasteiger partial charge >= 0.3 is 5.97 Å². The fraction of sp³-hybridized carbons (Fsp3) is 0.857. The number of ether oxygens (including phenoxy) is 5. The maximum absolute atomic E-state index is 14.5. The Kier molecular flexibility index (Phi) is 19.9. The van der Waals surface area contributed by atoms with Crippen molar-refractivity contribution in [3.63, 3.8) is 0 Å². The number of hydrogen-bond donors (Lipinski definition) is 6. The third kappa shape index (κ3) is 13.8. The number of cyclic esters (lactones) is 1. The number of nitrogens with zero attached hydrogens (tertiary/aromatic N) is 2. The van der Waals surface area contributed by atoms with Gasteiger partial charge in [0.25, 0.3) is 5.91 Å². The Morgan fingerprint density at radius 3 is 2.28 bits per heavy atom. The molecule has 4 rings (SSSR count). The van der Waals surface area contributed by atoms with E-state index in [1.807, 2.05) is 48.7 Å². The zero-order valence-electron chi connectivity index (χ0n) is 41.2. The molecule has 7 N–H and O–H groups in total. The van der Waals surface area contributed by atoms with Crippen molar-refractivity contribution in [1.82, 2.24) is 15.2 Å². The largest absolute Gasteiger partial charge is 0.459 e. The fourth-order valence-corrected chi connectivity index (χ4v) is 10.8. The number of nitrogens with two attached hydrogens (primary N) is 1. The molecule has 3 aliphatic heterocycles. The Morgan fingerprint density at radius 1 is 0.969 bits per heavy atom. The van der Waals surface area contributed by atoms with Gasteiger partial charge in [0.05, 0.1) is 65.5 Å². The van der Waals surface area contributed by atoms with Crippen LogP contribution < -0.4 is 11.1 Å². The van der Waals surface area contributed by atoms with Crippen LogP contribution in [0.25, 0.3) is 0 Å². The van der Waals surface area contributed by atoms with Crippen molar-refractivity contribution in [1.29, 1.82) is 0 Å². The molecule has 4 heterocycles. The highest BCUT2D eigenvalue weighted by atomic mass is 16.7. The van der Waals surface area contributed by atoms with E-state index in [0.29, 0.717) is 50.1 Å². The molecule has 1 aromatic rings. The van der Waals surface area contributed by atoms with Crippen molar-refractivity contribution < 1.29 is 53.7 Å². The summed E-state index contributed by atoms with van der Waals surface area (Å²) in [5, 5.41) is 50.2. The molecular formula is C49H86N4O11. The second-order valence-electron chi connectivity index (χ2n) is 20.9. The summed E-state index contributed by atoms with van der Waals surface area (Å²) in [7, 11) is 4.07. The number of carbonyl (C=O) groups excluding carboxylic acids is 2. The number of aliphatic hydroxyl groups is 4. The minimum Gasteiger partial charge on any atom is -0.459 e. The van der Waals surface area contributed by atoms with Crippen molar-refractivity contribution in [3.8, 4) is 0 Å². The van der Waals surface area contributed by atoms with Crippen molar-refractivity contribution in [2.45, 2.75) is 200 Å². The van der Waals surface area contributed by atoms with Gasteiger partial charge in [0.2, 0.25) is 0 Å². The zero-order valence-corrected chi connectivity index (χ0v) is 41.2. The van der Waals surface area contributed by atoms with Gasteiger partial charge in [0.15, 0.2) is 6.29 Å². The van der Waals surface area contributed by atoms with Gasteiger partial charge in [-0.25, -0.2) is 0 Å². The number of esters is 1. The summed E-state index contributed by atoms with van der Waals surface area (Å²) in [6, 6.07) is 1.57. The number of likely N-dealkylation sites (N-methyl/N-ethyl adjacent to an activating group) is 1. The molecule has 19 unspecified atom stereocenters. The average molecular weight is 907 g/mol. The molecule has 368 valence electrons. The second kappa shape index (κ2) is 23.5. The molecule has 3 aliphatic rings. The summed E-state index contributed by atoms with van der Waals surface area (Å²) < 4.78 is 32.9. The first-order chi connectivity index (χ1) is 29.9. The smallest absolute Gasteiger partial charge is 0.311 e. The number of hydrogen-bond acceptors (Lipinski definition) is 14. The summed E-state index contributed by atoms with van der Waals surface area (Å²) in [4.78, 5) is 33.5. The van der Waals surface area contributed by atoms with E-state index in [-0.39, 0.29) is 48.1 Å². The number of amides is 1. The van der Waals surface area contributed by atoms with Crippen LogP contribution in [0.4, 0.5) is 5.69 Å². The van der Waals surface area contributed by atoms with E-state index in [4.69, 9.17) is 29.4 Å². The van der Waals surface area contributed by atoms with Crippen LogP contribution in [-0.4, -0.2) is 142 Å². The minimum atomic E-state index is -1.73. The van der Waals surface area contributed by atoms with E-state index in [2.05, 4.69) is 36.0 Å². The van der Waals surface area contributed by atoms with Gasteiger partial charge in [0, 0.05) is 38.0 Å². The number of aliphatic hydroxyl groups excluding tert-OH is 2. The quantitative estimate of drug-likeness (QED) is 0.115. The Bertz CT molecular complexity index is 1600. The van der Waals surface area contributed by atoms with Crippen molar-refractivity contribution in [2.24, 2.45) is 41.4 Å². The maximum atomic E-state index is 14.5. The minimum absolute atomic E-state index is 0.0179. The lowest BCUT2D eigenvalue weighted by atomic mass is 9.68. The van der Waals surface area contributed by atoms with Gasteiger partial charge in [-0.3, -0.25) is 14.6 Å². The molecule has 0 aromatic carbocycles. The first-order valence-electron chi connectivity index (χ1n) is 24.1. The highest BCUT2D eigenvalue weighted by molar-refractivity contribution is 5.94. The van der Waals surface area contributed by atoms with Gasteiger partial charge in [-0.15, -0.1) is 0 Å². The molecule has 0 saturated carbocycles. The van der Waals surface area contributed by atoms with E-state index in [0.717, 1.165) is 19.3 Å². The molecular weight excluding hydrogens is 821 g/mol. The summed E-state index contributed by atoms with van der Waals surface area (Å²) in [6.45, 7) is 21.7. The van der Waals surface area contributed by atoms with E-state index in [1.54, 1.807) is 26.8 Å². The highest BCUT2D eigenvalue weighted by Gasteiger charge is 2.51. The van der Waals surface area contributed by atoms with Crippen LogP contribution in [0.15, 0.2) is 18.5 Å². The first-order valence-corrected chi connectivity index (χ1v) is 24.1. The molecule has 15 heteroatoms. The normalized spacial score (nSPS) is 42.2. The second-order valence-corrected chi connectivity index (χ2v) is 20.9. The van der Waals surface area contributed by atoms with Gasteiger partial charge in [0.1, 0.15) is 11.7 Å². The van der Waals surface area contributed by atoms with Crippen LogP contribution in [0.3, 0.4) is 0 Å². The van der Waals surface area contributed by atoms with Crippen LogP contribution in [0.1, 0.15) is 138 Å². The standard InChI is InChI=1S/C49H86N4O11/c1-14-40-49(11,59)45(55)31(6)28(3)17-16-27(2)24-48(10,58)37(32(7)43(33(8)47(57)63-40)64-41-20-29(4)42(54)34(9)62-41)23-39-44(38(53(12)13)21-30(5)61-39)60-19-15-18-52-46(56)35-22-36(50)26-51-25-35/h22,25-34,37-45,54-55,58-59H,14-21,23-24,50H2,1-13H3,(H,52,56). The lowest BCUT2D eigenvalue weighted by molar-refractivity contribution is -0.267. The molecule has 1 amide bonds. The summed E-state index contributed by atoms with van der Waals surface area (Å²) >= 11 is 0. The first kappa shape index (κ1) is 54.1. The van der Waals surface area contributed by atoms with Crippen LogP contribution in [-0.2, 0) is 28.5 Å². The monoisotopic (exact) mass is 907 g/mol. The highest BCUT2D eigenvalue weighted by Crippen LogP contribution is 2.44. The molecule has 15 nitrogen and oxygen atoms in total. The SMILES string of the molecule is CCC1OC(=O)C(C)C(OC2CC(C)C(O)C(C)O2)C(C)C(CC2OC(C)CC(N(C)C)C2OCCCNC(=O)c2cncc(N)c2)C(C)(O)CC(C)CCC(C)C(C)C(O)C1(C)O. The third-order valence-corrected chi connectivity index (χ3v) is 15.1. The Hall–Kier alpha value is -2.47. The van der Waals surface area contributed by atoms with E-state index in [9.17, 15) is 30.0 Å². The summed E-state index contributed by atoms with van der Waals surface area (Å²) in [5.74, 6) is -3.08. The number of aromatic nitrogens is 1. The molecule has 1 aromatic heterocycles. The molecule has 3 fully saturated rings. The Balaban J connectivity index is 1.72. The van der Waals surface area contributed by atoms with Crippen molar-refractivity contribution in [2.75, 3.05) is 33.0 Å². The average Bonchev–Trinajstić information content (AvgIpc) is 3.23. The van der Waals surface area contributed by atoms with Gasteiger partial charge in [-0.05, 0) is 122 Å². The molecule has 0 aliphatic carbocycles. The van der Waals surface area contributed by atoms with Gasteiger partial charge < -0.3 is 60.1 Å². The summed E-state index contributed by atoms with van der Waals surface area (Å²) in [6.07, 6.45) is 1.34. The third-order valence-electron chi connectivity index (χ3n) is 15.1. The number of nitrogen functional groups attached to an aromatic ring is 1. The molecule has 64 heavy (non-hydrogen) atoms. The number of rotatable bonds is 12. The fourth-order valence-electron chi connectivity index (χ4n) is 10.8. The van der Waals surface area contributed by atoms with Gasteiger partial charge in [-0.2, -0.15) is 0 Å². The molecule has 19 atom stereocenters. The van der Waals surface area contributed by atoms with Crippen molar-refractivity contribution >= 4 is 17.6 Å². The predicted molar refractivity (Wildman–Crippen MR) is 246 cm³/mol. The zero-order chi connectivity index (χ0) is 47.8. The number of carbonyl (C=O) groups is 2. The molecule has 0 spiro atoms. The Morgan fingerprint density at radius 2 is 1.66 bits per heavy atom. The van der Waals surface area contributed by atoms with Crippen LogP contribution in [0.2, 0.25) is 0 Å². The predicted octanol–water partition coefficient (Wildman–Crippen LogP) is 5.35. The van der Waals surface area contributed by atoms with E-state index < -0.39 is 83.9 Å². The molecule has 3 saturated heterocycles. The lowest BCUT2D eigenvalue weighted by Gasteiger charge is -2.49. The number of anilines is 1. The van der Waals surface area contributed by atoms with E-state index in [1.165, 1.54) is 12.4 Å². The van der Waals surface area contributed by atoms with Crippen LogP contribution >= 0.6 is 0 Å². The maximum Gasteiger partial charge on any atom is 0.311 e. The summed E-state index contributed by atoms with van der Waals surface area (Å²) in [5.41, 5.74) is 3.63. The van der Waals surface area contributed by atoms with Gasteiger partial charge in [-0.1, -0.05) is 54.4 Å². The molecule has 0 radical (unpaired) electrons. The van der Waals surface area contributed by atoms with E-state index >= 15 is 0 Å². The Labute approximate surface area is 383 Å². The number of nitrogens with one attached hydrogen (secondary N) is 1. The number of pyridine rings is 1. The molecule has 0 bridgehead atoms. The van der Waals surface area contributed by atoms with Crippen molar-refractivity contribution in [3.05, 3.63) is 24.0 Å². The topological polar surface area (TPSA) is 215 Å². The lowest BCUT2D eigenvalue weighted by Crippen LogP contribution is -2.57. The van der Waals surface area contributed by atoms with Crippen LogP contribution in [0, 0.1) is 41.4 Å². The van der Waals surface area contributed by atoms with Crippen LogP contribution in [0.5, 0.6) is 0 Å².